The van der Waals surface area contributed by atoms with Crippen molar-refractivity contribution >= 4 is 5.91 Å². The van der Waals surface area contributed by atoms with Gasteiger partial charge >= 0.3 is 0 Å². The number of carbonyl (C=O) groups excluding carboxylic acids is 1. The molecule has 3 nitrogen and oxygen atoms in total. The number of hydrogen-bond donors (Lipinski definition) is 2. The van der Waals surface area contributed by atoms with Gasteiger partial charge in [0.15, 0.2) is 0 Å². The zero-order valence-electron chi connectivity index (χ0n) is 13.2. The van der Waals surface area contributed by atoms with Crippen molar-refractivity contribution in [1.29, 1.82) is 0 Å². The predicted octanol–water partition coefficient (Wildman–Crippen LogP) is 3.10. The van der Waals surface area contributed by atoms with E-state index in [2.05, 4.69) is 31.4 Å². The van der Waals surface area contributed by atoms with Gasteiger partial charge in [0.1, 0.15) is 0 Å². The Bertz CT molecular complexity index is 257. The second kappa shape index (κ2) is 8.57. The molecule has 1 aliphatic rings. The van der Waals surface area contributed by atoms with E-state index in [1.165, 1.54) is 38.5 Å². The van der Waals surface area contributed by atoms with Crippen LogP contribution in [-0.4, -0.2) is 24.5 Å². The molecule has 0 saturated heterocycles. The average molecular weight is 268 g/mol. The Kier molecular flexibility index (Phi) is 7.44. The standard InChI is InChI=1S/C16H32N2O/c1-5-6-14-7-9-15(10-8-14)18-13(4)16(19)17-11-12(2)3/h12-15,18H,5-11H2,1-4H3,(H,17,19). The number of hydrogen-bond acceptors (Lipinski definition) is 2. The molecule has 1 amide bonds. The van der Waals surface area contributed by atoms with Crippen molar-refractivity contribution in [3.63, 3.8) is 0 Å². The molecule has 1 unspecified atom stereocenters. The highest BCUT2D eigenvalue weighted by molar-refractivity contribution is 5.81. The molecule has 0 radical (unpaired) electrons. The molecule has 0 aliphatic heterocycles. The molecule has 3 heteroatoms. The van der Waals surface area contributed by atoms with Gasteiger partial charge in [-0.25, -0.2) is 0 Å². The molecule has 0 spiro atoms. The van der Waals surface area contributed by atoms with Crippen LogP contribution < -0.4 is 10.6 Å². The lowest BCUT2D eigenvalue weighted by molar-refractivity contribution is -0.123. The third kappa shape index (κ3) is 6.42. The minimum atomic E-state index is -0.0634. The average Bonchev–Trinajstić information content (AvgIpc) is 2.38. The van der Waals surface area contributed by atoms with Crippen LogP contribution in [0.15, 0.2) is 0 Å². The molecule has 0 heterocycles. The molecule has 1 aliphatic carbocycles. The quantitative estimate of drug-likeness (QED) is 0.745. The maximum atomic E-state index is 11.9. The number of carbonyl (C=O) groups is 1. The van der Waals surface area contributed by atoms with Gasteiger partial charge < -0.3 is 10.6 Å². The first-order chi connectivity index (χ1) is 9.02. The maximum absolute atomic E-state index is 11.9. The van der Waals surface area contributed by atoms with Crippen molar-refractivity contribution in [2.75, 3.05) is 6.54 Å². The van der Waals surface area contributed by atoms with Crippen molar-refractivity contribution in [3.8, 4) is 0 Å². The van der Waals surface area contributed by atoms with E-state index in [1.54, 1.807) is 0 Å². The topological polar surface area (TPSA) is 41.1 Å². The molecule has 0 aromatic heterocycles. The Morgan fingerprint density at radius 3 is 2.32 bits per heavy atom. The fourth-order valence-corrected chi connectivity index (χ4v) is 2.91. The highest BCUT2D eigenvalue weighted by atomic mass is 16.2. The van der Waals surface area contributed by atoms with Crippen molar-refractivity contribution in [2.45, 2.75) is 78.3 Å². The van der Waals surface area contributed by atoms with Crippen molar-refractivity contribution in [1.82, 2.24) is 10.6 Å². The minimum absolute atomic E-state index is 0.0634. The zero-order valence-corrected chi connectivity index (χ0v) is 13.2. The zero-order chi connectivity index (χ0) is 14.3. The van der Waals surface area contributed by atoms with Gasteiger partial charge in [0, 0.05) is 12.6 Å². The van der Waals surface area contributed by atoms with E-state index >= 15 is 0 Å². The van der Waals surface area contributed by atoms with Crippen LogP contribution in [0.3, 0.4) is 0 Å². The van der Waals surface area contributed by atoms with Gasteiger partial charge in [-0.15, -0.1) is 0 Å². The molecule has 0 aromatic rings. The Labute approximate surface area is 118 Å². The Morgan fingerprint density at radius 2 is 1.79 bits per heavy atom. The molecule has 112 valence electrons. The molecule has 0 bridgehead atoms. The summed E-state index contributed by atoms with van der Waals surface area (Å²) in [5, 5.41) is 6.49. The van der Waals surface area contributed by atoms with Gasteiger partial charge in [-0.2, -0.15) is 0 Å². The van der Waals surface area contributed by atoms with Gasteiger partial charge in [0.25, 0.3) is 0 Å². The first-order valence-corrected chi connectivity index (χ1v) is 8.06. The summed E-state index contributed by atoms with van der Waals surface area (Å²) in [7, 11) is 0. The predicted molar refractivity (Wildman–Crippen MR) is 81.1 cm³/mol. The molecule has 1 rings (SSSR count). The summed E-state index contributed by atoms with van der Waals surface area (Å²) in [6.07, 6.45) is 7.78. The van der Waals surface area contributed by atoms with Crippen molar-refractivity contribution in [2.24, 2.45) is 11.8 Å². The SMILES string of the molecule is CCCC1CCC(NC(C)C(=O)NCC(C)C)CC1. The van der Waals surface area contributed by atoms with Crippen LogP contribution in [0.25, 0.3) is 0 Å². The van der Waals surface area contributed by atoms with E-state index in [1.807, 2.05) is 6.92 Å². The number of amides is 1. The molecule has 2 N–H and O–H groups in total. The van der Waals surface area contributed by atoms with Gasteiger partial charge in [0.2, 0.25) is 5.91 Å². The van der Waals surface area contributed by atoms with Gasteiger partial charge in [-0.3, -0.25) is 4.79 Å². The van der Waals surface area contributed by atoms with Gasteiger partial charge in [-0.05, 0) is 44.4 Å². The lowest BCUT2D eigenvalue weighted by Gasteiger charge is -2.31. The fraction of sp³-hybridized carbons (Fsp3) is 0.938. The lowest BCUT2D eigenvalue weighted by Crippen LogP contribution is -2.48. The summed E-state index contributed by atoms with van der Waals surface area (Å²) in [5.41, 5.74) is 0. The third-order valence-corrected chi connectivity index (χ3v) is 4.11. The molecule has 1 saturated carbocycles. The monoisotopic (exact) mass is 268 g/mol. The smallest absolute Gasteiger partial charge is 0.236 e. The van der Waals surface area contributed by atoms with E-state index in [4.69, 9.17) is 0 Å². The summed E-state index contributed by atoms with van der Waals surface area (Å²) in [4.78, 5) is 11.9. The van der Waals surface area contributed by atoms with Crippen LogP contribution in [-0.2, 0) is 4.79 Å². The third-order valence-electron chi connectivity index (χ3n) is 4.11. The fourth-order valence-electron chi connectivity index (χ4n) is 2.91. The van der Waals surface area contributed by atoms with Gasteiger partial charge in [0.05, 0.1) is 6.04 Å². The highest BCUT2D eigenvalue weighted by Gasteiger charge is 2.23. The first kappa shape index (κ1) is 16.5. The first-order valence-electron chi connectivity index (χ1n) is 8.06. The molecular weight excluding hydrogens is 236 g/mol. The number of rotatable bonds is 7. The maximum Gasteiger partial charge on any atom is 0.236 e. The molecule has 0 aromatic carbocycles. The van der Waals surface area contributed by atoms with Crippen LogP contribution in [0.1, 0.15) is 66.2 Å². The van der Waals surface area contributed by atoms with Crippen molar-refractivity contribution < 1.29 is 4.79 Å². The van der Waals surface area contributed by atoms with Crippen LogP contribution in [0.5, 0.6) is 0 Å². The van der Waals surface area contributed by atoms with Crippen molar-refractivity contribution in [3.05, 3.63) is 0 Å². The molecule has 1 fully saturated rings. The molecular formula is C16H32N2O. The summed E-state index contributed by atoms with van der Waals surface area (Å²) in [6, 6.07) is 0.472. The molecule has 19 heavy (non-hydrogen) atoms. The summed E-state index contributed by atoms with van der Waals surface area (Å²) in [6.45, 7) is 9.26. The van der Waals surface area contributed by atoms with Crippen LogP contribution in [0.4, 0.5) is 0 Å². The van der Waals surface area contributed by atoms with Crippen LogP contribution >= 0.6 is 0 Å². The minimum Gasteiger partial charge on any atom is -0.354 e. The second-order valence-corrected chi connectivity index (χ2v) is 6.53. The Balaban J connectivity index is 2.22. The number of nitrogens with one attached hydrogen (secondary N) is 2. The van der Waals surface area contributed by atoms with E-state index in [9.17, 15) is 4.79 Å². The van der Waals surface area contributed by atoms with E-state index in [0.717, 1.165) is 12.5 Å². The van der Waals surface area contributed by atoms with Crippen LogP contribution in [0, 0.1) is 11.8 Å². The largest absolute Gasteiger partial charge is 0.354 e. The highest BCUT2D eigenvalue weighted by Crippen LogP contribution is 2.27. The normalized spacial score (nSPS) is 25.3. The Morgan fingerprint density at radius 1 is 1.16 bits per heavy atom. The van der Waals surface area contributed by atoms with Crippen LogP contribution in [0.2, 0.25) is 0 Å². The second-order valence-electron chi connectivity index (χ2n) is 6.53. The summed E-state index contributed by atoms with van der Waals surface area (Å²) < 4.78 is 0. The lowest BCUT2D eigenvalue weighted by atomic mass is 9.83. The molecule has 1 atom stereocenters. The Hall–Kier alpha value is -0.570. The van der Waals surface area contributed by atoms with Gasteiger partial charge in [-0.1, -0.05) is 33.6 Å². The van der Waals surface area contributed by atoms with E-state index < -0.39 is 0 Å². The summed E-state index contributed by atoms with van der Waals surface area (Å²) in [5.74, 6) is 1.58. The summed E-state index contributed by atoms with van der Waals surface area (Å²) >= 11 is 0. The van der Waals surface area contributed by atoms with E-state index in [-0.39, 0.29) is 11.9 Å². The van der Waals surface area contributed by atoms with E-state index in [0.29, 0.717) is 12.0 Å².